The van der Waals surface area contributed by atoms with Gasteiger partial charge in [-0.1, -0.05) is 12.1 Å². The third kappa shape index (κ3) is 2.51. The van der Waals surface area contributed by atoms with Crippen molar-refractivity contribution in [2.24, 2.45) is 5.92 Å². The molecule has 21 heavy (non-hydrogen) atoms. The Balaban J connectivity index is 1.64. The predicted molar refractivity (Wildman–Crippen MR) is 81.7 cm³/mol. The number of benzene rings is 1. The van der Waals surface area contributed by atoms with E-state index in [0.717, 1.165) is 42.4 Å². The Kier molecular flexibility index (Phi) is 3.11. The maximum atomic E-state index is 13.4. The van der Waals surface area contributed by atoms with Crippen LogP contribution in [0.25, 0.3) is 11.1 Å². The molecule has 2 bridgehead atoms. The lowest BCUT2D eigenvalue weighted by Gasteiger charge is -2.32. The first-order valence-electron chi connectivity index (χ1n) is 7.47. The Labute approximate surface area is 123 Å². The van der Waals surface area contributed by atoms with Crippen LogP contribution in [0, 0.1) is 11.7 Å². The summed E-state index contributed by atoms with van der Waals surface area (Å²) in [5.74, 6) is 0.527. The normalized spacial score (nSPS) is 24.3. The van der Waals surface area contributed by atoms with Crippen LogP contribution in [0.5, 0.6) is 0 Å². The van der Waals surface area contributed by atoms with Gasteiger partial charge in [-0.05, 0) is 36.1 Å². The molecule has 2 aliphatic heterocycles. The minimum Gasteiger partial charge on any atom is -0.368 e. The van der Waals surface area contributed by atoms with Crippen molar-refractivity contribution in [2.45, 2.75) is 12.5 Å². The molecule has 4 rings (SSSR count). The molecule has 3 heterocycles. The van der Waals surface area contributed by atoms with Gasteiger partial charge in [0.25, 0.3) is 0 Å². The van der Waals surface area contributed by atoms with E-state index < -0.39 is 0 Å². The Bertz CT molecular complexity index is 646. The highest BCUT2D eigenvalue weighted by atomic mass is 19.1. The Morgan fingerprint density at radius 3 is 2.95 bits per heavy atom. The van der Waals surface area contributed by atoms with E-state index in [-0.39, 0.29) is 5.82 Å². The van der Waals surface area contributed by atoms with Crippen molar-refractivity contribution in [3.63, 3.8) is 0 Å². The summed E-state index contributed by atoms with van der Waals surface area (Å²) in [6.07, 6.45) is 5.00. The summed E-state index contributed by atoms with van der Waals surface area (Å²) >= 11 is 0. The number of pyridine rings is 1. The minimum absolute atomic E-state index is 0.210. The van der Waals surface area contributed by atoms with Gasteiger partial charge in [0.15, 0.2) is 0 Å². The number of piperidine rings is 1. The molecule has 0 aliphatic carbocycles. The Hall–Kier alpha value is -1.94. The van der Waals surface area contributed by atoms with Crippen LogP contribution in [0.2, 0.25) is 0 Å². The molecule has 0 radical (unpaired) electrons. The molecule has 0 spiro atoms. The molecule has 2 aliphatic rings. The van der Waals surface area contributed by atoms with Crippen molar-refractivity contribution in [3.8, 4) is 11.1 Å². The highest BCUT2D eigenvalue weighted by molar-refractivity contribution is 5.67. The lowest BCUT2D eigenvalue weighted by atomic mass is 9.99. The molecular formula is C17H18FN3. The number of hydrogen-bond donors (Lipinski definition) is 1. The van der Waals surface area contributed by atoms with Crippen LogP contribution in [-0.4, -0.2) is 30.7 Å². The van der Waals surface area contributed by atoms with Gasteiger partial charge >= 0.3 is 0 Å². The molecular weight excluding hydrogens is 265 g/mol. The Morgan fingerprint density at radius 2 is 2.10 bits per heavy atom. The van der Waals surface area contributed by atoms with E-state index in [1.165, 1.54) is 12.5 Å². The summed E-state index contributed by atoms with van der Waals surface area (Å²) in [5, 5.41) is 3.56. The molecule has 1 aromatic heterocycles. The number of anilines is 1. The maximum absolute atomic E-state index is 13.4. The average molecular weight is 283 g/mol. The summed E-state index contributed by atoms with van der Waals surface area (Å²) in [5.41, 5.74) is 2.98. The first-order chi connectivity index (χ1) is 10.3. The van der Waals surface area contributed by atoms with Crippen molar-refractivity contribution in [1.29, 1.82) is 0 Å². The number of nitrogens with zero attached hydrogens (tertiary/aromatic N) is 2. The fraction of sp³-hybridized carbons (Fsp3) is 0.353. The van der Waals surface area contributed by atoms with Crippen LogP contribution in [-0.2, 0) is 0 Å². The smallest absolute Gasteiger partial charge is 0.123 e. The summed E-state index contributed by atoms with van der Waals surface area (Å²) < 4.78 is 13.4. The monoisotopic (exact) mass is 283 g/mol. The van der Waals surface area contributed by atoms with Crippen molar-refractivity contribution in [2.75, 3.05) is 24.5 Å². The van der Waals surface area contributed by atoms with Crippen molar-refractivity contribution >= 4 is 5.69 Å². The Morgan fingerprint density at radius 1 is 1.14 bits per heavy atom. The third-order valence-electron chi connectivity index (χ3n) is 4.48. The van der Waals surface area contributed by atoms with E-state index in [4.69, 9.17) is 0 Å². The molecule has 3 nitrogen and oxygen atoms in total. The van der Waals surface area contributed by atoms with Crippen LogP contribution in [0.15, 0.2) is 42.7 Å². The number of hydrogen-bond acceptors (Lipinski definition) is 3. The van der Waals surface area contributed by atoms with Gasteiger partial charge in [-0.25, -0.2) is 4.39 Å². The van der Waals surface area contributed by atoms with Gasteiger partial charge in [-0.15, -0.1) is 0 Å². The first-order valence-corrected chi connectivity index (χ1v) is 7.47. The summed E-state index contributed by atoms with van der Waals surface area (Å²) in [7, 11) is 0. The van der Waals surface area contributed by atoms with Crippen LogP contribution >= 0.6 is 0 Å². The summed E-state index contributed by atoms with van der Waals surface area (Å²) in [6, 6.07) is 9.40. The molecule has 0 amide bonds. The molecule has 1 N–H and O–H groups in total. The van der Waals surface area contributed by atoms with Crippen LogP contribution in [0.4, 0.5) is 10.1 Å². The highest BCUT2D eigenvalue weighted by Crippen LogP contribution is 2.29. The van der Waals surface area contributed by atoms with E-state index in [1.54, 1.807) is 18.3 Å². The average Bonchev–Trinajstić information content (AvgIpc) is 2.86. The first kappa shape index (κ1) is 12.8. The molecule has 2 saturated heterocycles. The second-order valence-corrected chi connectivity index (χ2v) is 6.05. The van der Waals surface area contributed by atoms with Gasteiger partial charge in [-0.2, -0.15) is 0 Å². The zero-order chi connectivity index (χ0) is 14.2. The van der Waals surface area contributed by atoms with Crippen LogP contribution < -0.4 is 10.2 Å². The standard InChI is InChI=1S/C17H18FN3/c18-15-3-1-2-13(5-15)14-6-17(9-19-8-14)21-10-12-4-16(11-21)20-7-12/h1-3,5-6,8-9,12,16,20H,4,7,10-11H2. The van der Waals surface area contributed by atoms with Gasteiger partial charge in [0.2, 0.25) is 0 Å². The topological polar surface area (TPSA) is 28.2 Å². The number of rotatable bonds is 2. The third-order valence-corrected chi connectivity index (χ3v) is 4.48. The SMILES string of the molecule is Fc1cccc(-c2cncc(N3CC4CNC(C4)C3)c2)c1. The van der Waals surface area contributed by atoms with E-state index in [9.17, 15) is 4.39 Å². The van der Waals surface area contributed by atoms with Gasteiger partial charge in [0.05, 0.1) is 11.9 Å². The number of halogens is 1. The fourth-order valence-corrected chi connectivity index (χ4v) is 3.47. The van der Waals surface area contributed by atoms with E-state index >= 15 is 0 Å². The minimum atomic E-state index is -0.210. The van der Waals surface area contributed by atoms with Crippen molar-refractivity contribution in [1.82, 2.24) is 10.3 Å². The summed E-state index contributed by atoms with van der Waals surface area (Å²) in [4.78, 5) is 6.75. The molecule has 108 valence electrons. The van der Waals surface area contributed by atoms with Crippen molar-refractivity contribution < 1.29 is 4.39 Å². The van der Waals surface area contributed by atoms with Gasteiger partial charge in [-0.3, -0.25) is 4.98 Å². The molecule has 1 aromatic carbocycles. The molecule has 0 saturated carbocycles. The quantitative estimate of drug-likeness (QED) is 0.918. The zero-order valence-electron chi connectivity index (χ0n) is 11.8. The van der Waals surface area contributed by atoms with Crippen LogP contribution in [0.1, 0.15) is 6.42 Å². The maximum Gasteiger partial charge on any atom is 0.123 e. The molecule has 4 heteroatoms. The number of aromatic nitrogens is 1. The zero-order valence-corrected chi connectivity index (χ0v) is 11.8. The largest absolute Gasteiger partial charge is 0.368 e. The lowest BCUT2D eigenvalue weighted by molar-refractivity contribution is 0.474. The second-order valence-electron chi connectivity index (χ2n) is 6.05. The predicted octanol–water partition coefficient (Wildman–Crippen LogP) is 2.69. The van der Waals surface area contributed by atoms with Gasteiger partial charge in [0.1, 0.15) is 5.82 Å². The second kappa shape index (κ2) is 5.11. The fourth-order valence-electron chi connectivity index (χ4n) is 3.47. The molecule has 2 unspecified atom stereocenters. The van der Waals surface area contributed by atoms with Gasteiger partial charge in [0, 0.05) is 37.4 Å². The van der Waals surface area contributed by atoms with Gasteiger partial charge < -0.3 is 10.2 Å². The number of nitrogens with one attached hydrogen (secondary N) is 1. The van der Waals surface area contributed by atoms with Crippen molar-refractivity contribution in [3.05, 3.63) is 48.5 Å². The molecule has 2 aromatic rings. The van der Waals surface area contributed by atoms with Crippen LogP contribution in [0.3, 0.4) is 0 Å². The number of fused-ring (bicyclic) bond motifs is 2. The van der Waals surface area contributed by atoms with E-state index in [0.29, 0.717) is 6.04 Å². The molecule has 2 atom stereocenters. The van der Waals surface area contributed by atoms with E-state index in [1.807, 2.05) is 12.3 Å². The molecule has 2 fully saturated rings. The highest BCUT2D eigenvalue weighted by Gasteiger charge is 2.32. The van der Waals surface area contributed by atoms with E-state index in [2.05, 4.69) is 21.3 Å². The summed E-state index contributed by atoms with van der Waals surface area (Å²) in [6.45, 7) is 3.24. The lowest BCUT2D eigenvalue weighted by Crippen LogP contribution is -2.41.